The normalized spacial score (nSPS) is 15.1. The largest absolute Gasteiger partial charge is 0.501 e. The number of ether oxygens (including phenoxy) is 2. The average Bonchev–Trinajstić information content (AvgIpc) is 3.19. The molecule has 4 rings (SSSR count). The van der Waals surface area contributed by atoms with E-state index in [1.54, 1.807) is 25.1 Å². The van der Waals surface area contributed by atoms with Gasteiger partial charge in [-0.2, -0.15) is 0 Å². The lowest BCUT2D eigenvalue weighted by Crippen LogP contribution is -2.40. The summed E-state index contributed by atoms with van der Waals surface area (Å²) in [6.45, 7) is 3.81. The van der Waals surface area contributed by atoms with E-state index in [9.17, 15) is 24.8 Å². The van der Waals surface area contributed by atoms with Crippen LogP contribution >= 0.6 is 43.2 Å². The number of phenolic OH excluding ortho intramolecular Hbond substituents is 1. The summed E-state index contributed by atoms with van der Waals surface area (Å²) < 4.78 is 13.5. The summed E-state index contributed by atoms with van der Waals surface area (Å²) in [5.74, 6) is -0.622. The van der Waals surface area contributed by atoms with E-state index < -0.39 is 33.9 Å². The molecule has 0 unspecified atom stereocenters. The van der Waals surface area contributed by atoms with Crippen LogP contribution in [0, 0.1) is 10.1 Å². The third kappa shape index (κ3) is 5.56. The number of carbonyl (C=O) groups excluding carboxylic acids is 1. The number of fused-ring (bicyclic) bond motifs is 1. The first-order valence-corrected chi connectivity index (χ1v) is 14.2. The van der Waals surface area contributed by atoms with Crippen LogP contribution in [0.25, 0.3) is 6.08 Å². The highest BCUT2D eigenvalue weighted by atomic mass is 79.9. The maximum absolute atomic E-state index is 13.9. The molecule has 1 aromatic heterocycles. The lowest BCUT2D eigenvalue weighted by atomic mass is 9.93. The zero-order valence-electron chi connectivity index (χ0n) is 21.1. The highest BCUT2D eigenvalue weighted by Crippen LogP contribution is 2.38. The fourth-order valence-electron chi connectivity index (χ4n) is 4.31. The van der Waals surface area contributed by atoms with Gasteiger partial charge in [-0.15, -0.1) is 0 Å². The van der Waals surface area contributed by atoms with Gasteiger partial charge in [0, 0.05) is 16.1 Å². The van der Waals surface area contributed by atoms with E-state index >= 15 is 0 Å². The number of nitro groups is 1. The molecule has 0 bridgehead atoms. The van der Waals surface area contributed by atoms with Crippen LogP contribution < -0.4 is 19.6 Å². The summed E-state index contributed by atoms with van der Waals surface area (Å²) in [4.78, 5) is 43.0. The second kappa shape index (κ2) is 11.8. The van der Waals surface area contributed by atoms with Crippen molar-refractivity contribution in [1.29, 1.82) is 0 Å². The van der Waals surface area contributed by atoms with Gasteiger partial charge >= 0.3 is 11.7 Å². The van der Waals surface area contributed by atoms with Gasteiger partial charge in [0.1, 0.15) is 11.8 Å². The number of rotatable bonds is 8. The van der Waals surface area contributed by atoms with E-state index in [-0.39, 0.29) is 21.2 Å². The number of methoxy groups -OCH3 is 1. The zero-order chi connectivity index (χ0) is 28.4. The number of nitro benzene ring substituents is 1. The van der Waals surface area contributed by atoms with Gasteiger partial charge in [0.05, 0.1) is 38.9 Å². The number of carbonyl (C=O) groups is 1. The Kier molecular flexibility index (Phi) is 8.72. The second-order valence-electron chi connectivity index (χ2n) is 8.43. The van der Waals surface area contributed by atoms with Crippen LogP contribution in [0.5, 0.6) is 11.5 Å². The van der Waals surface area contributed by atoms with Gasteiger partial charge in [-0.1, -0.05) is 40.6 Å². The minimum Gasteiger partial charge on any atom is -0.501 e. The fourth-order valence-corrected chi connectivity index (χ4v) is 6.18. The molecule has 204 valence electrons. The van der Waals surface area contributed by atoms with Crippen molar-refractivity contribution in [2.24, 2.45) is 4.99 Å². The van der Waals surface area contributed by atoms with Crippen LogP contribution in [-0.4, -0.2) is 34.3 Å². The number of allylic oxidation sites excluding steroid dienone is 1. The molecule has 3 aromatic rings. The van der Waals surface area contributed by atoms with Crippen LogP contribution in [-0.2, 0) is 9.53 Å². The molecule has 0 amide bonds. The number of phenols is 1. The Hall–Kier alpha value is -3.29. The van der Waals surface area contributed by atoms with Gasteiger partial charge < -0.3 is 14.6 Å². The maximum atomic E-state index is 13.9. The van der Waals surface area contributed by atoms with Crippen LogP contribution in [0.1, 0.15) is 43.9 Å². The molecule has 39 heavy (non-hydrogen) atoms. The lowest BCUT2D eigenvalue weighted by Gasteiger charge is -2.27. The highest BCUT2D eigenvalue weighted by molar-refractivity contribution is 9.10. The minimum absolute atomic E-state index is 0.113. The molecule has 0 aliphatic carbocycles. The number of hydrogen-bond donors (Lipinski definition) is 1. The maximum Gasteiger partial charge on any atom is 0.338 e. The Bertz CT molecular complexity index is 1690. The smallest absolute Gasteiger partial charge is 0.338 e. The number of halogens is 2. The van der Waals surface area contributed by atoms with E-state index in [0.717, 1.165) is 15.8 Å². The molecule has 0 fully saturated rings. The number of aromatic nitrogens is 1. The van der Waals surface area contributed by atoms with Crippen LogP contribution in [0.15, 0.2) is 60.3 Å². The van der Waals surface area contributed by atoms with Crippen molar-refractivity contribution in [1.82, 2.24) is 4.57 Å². The Balaban J connectivity index is 2.06. The van der Waals surface area contributed by atoms with Crippen LogP contribution in [0.4, 0.5) is 5.69 Å². The molecule has 1 aliphatic rings. The van der Waals surface area contributed by atoms with Crippen molar-refractivity contribution >= 4 is 60.9 Å². The zero-order valence-corrected chi connectivity index (χ0v) is 25.1. The van der Waals surface area contributed by atoms with Crippen LogP contribution in [0.2, 0.25) is 0 Å². The molecular weight excluding hydrogens is 658 g/mol. The third-order valence-electron chi connectivity index (χ3n) is 5.94. The van der Waals surface area contributed by atoms with Crippen LogP contribution in [0.3, 0.4) is 0 Å². The SMILES string of the molecule is CCCC1=C(C(=O)OCC)[C@@H](c2cc(Br)ccc2OC)n2c(s/c(=C/c3cc(Br)c(O)c([N+](=O)[O-])c3)c2=O)=N1. The van der Waals surface area contributed by atoms with E-state index in [1.807, 2.05) is 6.92 Å². The molecule has 0 radical (unpaired) electrons. The molecule has 1 atom stereocenters. The number of benzene rings is 2. The Morgan fingerprint density at radius 1 is 1.28 bits per heavy atom. The minimum atomic E-state index is -0.891. The first-order chi connectivity index (χ1) is 18.6. The Morgan fingerprint density at radius 2 is 2.03 bits per heavy atom. The van der Waals surface area contributed by atoms with E-state index in [4.69, 9.17) is 14.5 Å². The molecule has 2 aromatic carbocycles. The van der Waals surface area contributed by atoms with Gasteiger partial charge in [0.25, 0.3) is 5.56 Å². The number of esters is 1. The second-order valence-corrected chi connectivity index (χ2v) is 11.2. The summed E-state index contributed by atoms with van der Waals surface area (Å²) in [5, 5.41) is 21.4. The lowest BCUT2D eigenvalue weighted by molar-refractivity contribution is -0.386. The van der Waals surface area contributed by atoms with Crippen molar-refractivity contribution in [3.63, 3.8) is 0 Å². The summed E-state index contributed by atoms with van der Waals surface area (Å²) in [6, 6.07) is 7.08. The monoisotopic (exact) mass is 679 g/mol. The summed E-state index contributed by atoms with van der Waals surface area (Å²) in [5.41, 5.74) is 0.696. The summed E-state index contributed by atoms with van der Waals surface area (Å²) in [6.07, 6.45) is 2.66. The van der Waals surface area contributed by atoms with E-state index in [0.29, 0.717) is 40.2 Å². The summed E-state index contributed by atoms with van der Waals surface area (Å²) >= 11 is 7.71. The first kappa shape index (κ1) is 28.7. The van der Waals surface area contributed by atoms with Crippen molar-refractivity contribution in [3.05, 3.63) is 91.5 Å². The number of hydrogen-bond acceptors (Lipinski definition) is 9. The Labute approximate surface area is 243 Å². The molecule has 0 saturated carbocycles. The van der Waals surface area contributed by atoms with Crippen molar-refractivity contribution in [2.75, 3.05) is 13.7 Å². The van der Waals surface area contributed by atoms with Gasteiger partial charge in [-0.05, 0) is 65.2 Å². The quantitative estimate of drug-likeness (QED) is 0.207. The molecule has 2 heterocycles. The number of aromatic hydroxyl groups is 1. The molecule has 13 heteroatoms. The van der Waals surface area contributed by atoms with E-state index in [2.05, 4.69) is 31.9 Å². The first-order valence-electron chi connectivity index (χ1n) is 11.8. The predicted octanol–water partition coefficient (Wildman–Crippen LogP) is 4.73. The van der Waals surface area contributed by atoms with Gasteiger partial charge in [-0.25, -0.2) is 9.79 Å². The molecule has 0 spiro atoms. The van der Waals surface area contributed by atoms with E-state index in [1.165, 1.54) is 29.9 Å². The molecule has 1 aliphatic heterocycles. The topological polar surface area (TPSA) is 133 Å². The van der Waals surface area contributed by atoms with Gasteiger partial charge in [0.15, 0.2) is 4.80 Å². The van der Waals surface area contributed by atoms with Gasteiger partial charge in [0.2, 0.25) is 5.75 Å². The summed E-state index contributed by atoms with van der Waals surface area (Å²) in [7, 11) is 1.51. The molecular formula is C26H23Br2N3O7S. The number of nitrogens with zero attached hydrogens (tertiary/aromatic N) is 3. The molecule has 10 nitrogen and oxygen atoms in total. The van der Waals surface area contributed by atoms with Gasteiger partial charge in [-0.3, -0.25) is 19.5 Å². The standard InChI is InChI=1S/C26H23Br2N3O7S/c1-4-6-17-21(25(34)38-5-2)22(15-12-14(27)7-8-19(15)37-3)30-24(33)20(39-26(30)29-17)11-13-9-16(28)23(32)18(10-13)31(35)36/h7-12,22,32H,4-6H2,1-3H3/b20-11+/t22-/m1/s1. The van der Waals surface area contributed by atoms with Crippen molar-refractivity contribution in [3.8, 4) is 11.5 Å². The number of thiazole rings is 1. The van der Waals surface area contributed by atoms with Crippen molar-refractivity contribution < 1.29 is 24.3 Å². The highest BCUT2D eigenvalue weighted by Gasteiger charge is 2.36. The third-order valence-corrected chi connectivity index (χ3v) is 8.02. The Morgan fingerprint density at radius 3 is 2.67 bits per heavy atom. The molecule has 0 saturated heterocycles. The molecule has 1 N–H and O–H groups in total. The predicted molar refractivity (Wildman–Crippen MR) is 153 cm³/mol. The average molecular weight is 681 g/mol. The van der Waals surface area contributed by atoms with Crippen molar-refractivity contribution in [2.45, 2.75) is 32.7 Å². The fraction of sp³-hybridized carbons (Fsp3) is 0.269.